The van der Waals surface area contributed by atoms with Crippen molar-refractivity contribution in [3.05, 3.63) is 147 Å². The van der Waals surface area contributed by atoms with Crippen LogP contribution in [0.3, 0.4) is 0 Å². The zero-order chi connectivity index (χ0) is 32.6. The van der Waals surface area contributed by atoms with E-state index >= 15 is 0 Å². The molecule has 0 bridgehead atoms. The molecule has 6 nitrogen and oxygen atoms in total. The molecule has 0 N–H and O–H groups in total. The standard InChI is InChI=1S/C39H43BN2O4/c1-8-34-26(3)37-36(32-20-22-33(23-21-32)39(43)44-7)38-27(4)35(9-2)29(6)42(38)40(41(37)28(34)5,45-24-30-16-12-10-13-17-30)46-25-31-18-14-11-15-19-31/h10-23H,8-9,24-25H2,1-7H3. The average Bonchev–Trinajstić information content (AvgIpc) is 3.50. The Kier molecular flexibility index (Phi) is 8.73. The van der Waals surface area contributed by atoms with Crippen LogP contribution in [0.5, 0.6) is 0 Å². The third kappa shape index (κ3) is 5.08. The second kappa shape index (κ2) is 12.7. The topological polar surface area (TPSA) is 52.7 Å². The molecule has 3 aromatic carbocycles. The molecule has 0 spiro atoms. The van der Waals surface area contributed by atoms with E-state index < -0.39 is 6.82 Å². The largest absolute Gasteiger partial charge is 0.666 e. The number of allylic oxidation sites excluding steroid dienone is 2. The molecule has 0 saturated carbocycles. The van der Waals surface area contributed by atoms with Gasteiger partial charge < -0.3 is 23.0 Å². The highest BCUT2D eigenvalue weighted by atomic mass is 16.6. The number of nitrogens with zero attached hydrogens (tertiary/aromatic N) is 2. The number of hydrogen-bond acceptors (Lipinski definition) is 4. The Labute approximate surface area is 272 Å². The molecule has 0 aliphatic carbocycles. The van der Waals surface area contributed by atoms with Crippen LogP contribution < -0.4 is 0 Å². The molecular formula is C39H43BN2O4. The number of fused-ring (bicyclic) bond motifs is 2. The molecule has 0 fully saturated rings. The maximum absolute atomic E-state index is 12.4. The summed E-state index contributed by atoms with van der Waals surface area (Å²) in [7, 11) is 1.41. The maximum atomic E-state index is 12.4. The summed E-state index contributed by atoms with van der Waals surface area (Å²) >= 11 is 0. The van der Waals surface area contributed by atoms with Gasteiger partial charge in [-0.2, -0.15) is 0 Å². The lowest BCUT2D eigenvalue weighted by atomic mass is 9.77. The molecule has 2 aliphatic rings. The quantitative estimate of drug-likeness (QED) is 0.134. The first-order chi connectivity index (χ1) is 22.3. The van der Waals surface area contributed by atoms with Gasteiger partial charge >= 0.3 is 12.8 Å². The number of carbonyl (C=O) groups is 1. The van der Waals surface area contributed by atoms with Crippen molar-refractivity contribution in [2.75, 3.05) is 7.11 Å². The second-order valence-corrected chi connectivity index (χ2v) is 12.2. The lowest BCUT2D eigenvalue weighted by molar-refractivity contribution is -0.388. The van der Waals surface area contributed by atoms with Gasteiger partial charge in [0, 0.05) is 37.0 Å². The maximum Gasteiger partial charge on any atom is 0.666 e. The zero-order valence-electron chi connectivity index (χ0n) is 28.0. The minimum Gasteiger partial charge on any atom is -0.480 e. The van der Waals surface area contributed by atoms with Gasteiger partial charge in [-0.1, -0.05) is 86.6 Å². The number of carbonyl (C=O) groups excluding carboxylic acids is 1. The lowest BCUT2D eigenvalue weighted by Crippen LogP contribution is -2.62. The Morgan fingerprint density at radius 1 is 0.783 bits per heavy atom. The van der Waals surface area contributed by atoms with E-state index in [-0.39, 0.29) is 5.97 Å². The van der Waals surface area contributed by atoms with E-state index in [1.165, 1.54) is 29.4 Å². The van der Waals surface area contributed by atoms with Gasteiger partial charge in [-0.15, -0.1) is 0 Å². The van der Waals surface area contributed by atoms with Crippen molar-refractivity contribution in [2.45, 2.75) is 67.6 Å². The Bertz CT molecular complexity index is 1840. The first-order valence-corrected chi connectivity index (χ1v) is 16.2. The van der Waals surface area contributed by atoms with E-state index in [9.17, 15) is 4.79 Å². The van der Waals surface area contributed by atoms with Crippen LogP contribution in [0.15, 0.2) is 102 Å². The third-order valence-electron chi connectivity index (χ3n) is 9.74. The predicted molar refractivity (Wildman–Crippen MR) is 185 cm³/mol. The Hall–Kier alpha value is -4.46. The van der Waals surface area contributed by atoms with Crippen molar-refractivity contribution < 1.29 is 23.3 Å². The van der Waals surface area contributed by atoms with Gasteiger partial charge in [0.25, 0.3) is 0 Å². The summed E-state index contributed by atoms with van der Waals surface area (Å²) in [5, 5.41) is 0. The van der Waals surface area contributed by atoms with Crippen LogP contribution in [0.2, 0.25) is 0 Å². The van der Waals surface area contributed by atoms with Crippen molar-refractivity contribution in [1.82, 2.24) is 4.48 Å². The van der Waals surface area contributed by atoms with Crippen LogP contribution in [-0.2, 0) is 33.7 Å². The number of esters is 1. The van der Waals surface area contributed by atoms with Gasteiger partial charge in [0.1, 0.15) is 5.71 Å². The first kappa shape index (κ1) is 31.5. The Morgan fingerprint density at radius 3 is 1.85 bits per heavy atom. The van der Waals surface area contributed by atoms with E-state index in [4.69, 9.17) is 14.0 Å². The fourth-order valence-electron chi connectivity index (χ4n) is 7.59. The van der Waals surface area contributed by atoms with Crippen LogP contribution in [0.1, 0.15) is 83.7 Å². The lowest BCUT2D eigenvalue weighted by Gasteiger charge is -2.43. The molecule has 0 saturated heterocycles. The van der Waals surface area contributed by atoms with Crippen molar-refractivity contribution in [1.29, 1.82) is 0 Å². The van der Waals surface area contributed by atoms with E-state index in [2.05, 4.69) is 74.8 Å². The van der Waals surface area contributed by atoms with Gasteiger partial charge in [0.2, 0.25) is 0 Å². The van der Waals surface area contributed by atoms with Crippen LogP contribution in [0, 0.1) is 13.8 Å². The van der Waals surface area contributed by atoms with Crippen molar-refractivity contribution in [3.63, 3.8) is 0 Å². The fourth-order valence-corrected chi connectivity index (χ4v) is 7.59. The summed E-state index contributed by atoms with van der Waals surface area (Å²) in [5.41, 5.74) is 14.3. The summed E-state index contributed by atoms with van der Waals surface area (Å²) in [6, 6.07) is 28.4. The first-order valence-electron chi connectivity index (χ1n) is 16.2. The van der Waals surface area contributed by atoms with Gasteiger partial charge in [0.15, 0.2) is 5.70 Å². The molecule has 1 aromatic heterocycles. The normalized spacial score (nSPS) is 15.4. The zero-order valence-corrected chi connectivity index (χ0v) is 28.0. The minimum atomic E-state index is -2.30. The highest BCUT2D eigenvalue weighted by molar-refractivity contribution is 6.60. The smallest absolute Gasteiger partial charge is 0.480 e. The monoisotopic (exact) mass is 614 g/mol. The van der Waals surface area contributed by atoms with Crippen molar-refractivity contribution in [3.8, 4) is 0 Å². The summed E-state index contributed by atoms with van der Waals surface area (Å²) in [6.07, 6.45) is 1.76. The van der Waals surface area contributed by atoms with E-state index in [0.717, 1.165) is 57.9 Å². The highest BCUT2D eigenvalue weighted by Crippen LogP contribution is 2.47. The Morgan fingerprint density at radius 2 is 1.35 bits per heavy atom. The number of methoxy groups -OCH3 is 1. The molecule has 0 radical (unpaired) electrons. The highest BCUT2D eigenvalue weighted by Gasteiger charge is 2.58. The summed E-state index contributed by atoms with van der Waals surface area (Å²) in [6.45, 7) is 11.7. The van der Waals surface area contributed by atoms with Crippen LogP contribution >= 0.6 is 0 Å². The van der Waals surface area contributed by atoms with E-state index in [0.29, 0.717) is 18.8 Å². The molecule has 0 atom stereocenters. The van der Waals surface area contributed by atoms with Crippen molar-refractivity contribution >= 4 is 24.1 Å². The van der Waals surface area contributed by atoms with Gasteiger partial charge in [-0.3, -0.25) is 0 Å². The SMILES string of the molecule is CCC1=C(C)C2=C(c3ccc(C(=O)OC)cc3)c3c(C)c(CC)c(C)n3[B-](OCc3ccccc3)(OCc3ccccc3)[N+]2=C1C. The number of benzene rings is 3. The van der Waals surface area contributed by atoms with E-state index in [1.807, 2.05) is 60.7 Å². The number of rotatable bonds is 10. The molecule has 0 unspecified atom stereocenters. The summed E-state index contributed by atoms with van der Waals surface area (Å²) in [4.78, 5) is 12.4. The summed E-state index contributed by atoms with van der Waals surface area (Å²) in [5.74, 6) is -0.349. The van der Waals surface area contributed by atoms with Gasteiger partial charge in [-0.05, 0) is 79.3 Å². The van der Waals surface area contributed by atoms with Crippen LogP contribution in [-0.4, -0.2) is 34.6 Å². The fraction of sp³-hybridized carbons (Fsp3) is 0.282. The van der Waals surface area contributed by atoms with E-state index in [1.54, 1.807) is 0 Å². The Balaban J connectivity index is 1.67. The second-order valence-electron chi connectivity index (χ2n) is 12.2. The molecule has 7 heteroatoms. The molecular weight excluding hydrogens is 571 g/mol. The minimum absolute atomic E-state index is 0.349. The third-order valence-corrected chi connectivity index (χ3v) is 9.74. The molecule has 6 rings (SSSR count). The van der Waals surface area contributed by atoms with Gasteiger partial charge in [0.05, 0.1) is 18.2 Å². The predicted octanol–water partition coefficient (Wildman–Crippen LogP) is 8.16. The molecule has 236 valence electrons. The molecule has 3 heterocycles. The summed E-state index contributed by atoms with van der Waals surface area (Å²) < 4.78 is 24.2. The van der Waals surface area contributed by atoms with Crippen LogP contribution in [0.4, 0.5) is 0 Å². The molecule has 4 aromatic rings. The van der Waals surface area contributed by atoms with Crippen molar-refractivity contribution in [2.24, 2.45) is 0 Å². The number of hydrogen-bond donors (Lipinski definition) is 0. The van der Waals surface area contributed by atoms with Crippen LogP contribution in [0.25, 0.3) is 5.57 Å². The molecule has 0 amide bonds. The number of ether oxygens (including phenoxy) is 1. The average molecular weight is 615 g/mol. The van der Waals surface area contributed by atoms with Gasteiger partial charge in [-0.25, -0.2) is 4.79 Å². The molecule has 46 heavy (non-hydrogen) atoms. The molecule has 2 aliphatic heterocycles. The number of aromatic nitrogens is 1.